The maximum absolute atomic E-state index is 4.65. The van der Waals surface area contributed by atoms with Gasteiger partial charge in [0, 0.05) is 37.1 Å². The highest BCUT2D eigenvalue weighted by atomic mass is 32.1. The molecular formula is C17H19N5S. The van der Waals surface area contributed by atoms with Crippen molar-refractivity contribution in [2.75, 3.05) is 38.1 Å². The van der Waals surface area contributed by atoms with Crippen molar-refractivity contribution in [3.05, 3.63) is 47.4 Å². The van der Waals surface area contributed by atoms with Crippen molar-refractivity contribution in [3.63, 3.8) is 0 Å². The van der Waals surface area contributed by atoms with E-state index in [0.717, 1.165) is 43.4 Å². The van der Waals surface area contributed by atoms with Gasteiger partial charge in [0.15, 0.2) is 0 Å². The summed E-state index contributed by atoms with van der Waals surface area (Å²) in [6.45, 7) is 4.24. The fourth-order valence-corrected chi connectivity index (χ4v) is 3.51. The molecule has 6 heteroatoms. The molecule has 0 N–H and O–H groups in total. The first-order valence-corrected chi connectivity index (χ1v) is 8.72. The van der Waals surface area contributed by atoms with Gasteiger partial charge in [-0.25, -0.2) is 9.67 Å². The molecular weight excluding hydrogens is 306 g/mol. The molecule has 1 saturated heterocycles. The monoisotopic (exact) mass is 325 g/mol. The van der Waals surface area contributed by atoms with E-state index in [4.69, 9.17) is 0 Å². The Hall–Kier alpha value is -2.18. The summed E-state index contributed by atoms with van der Waals surface area (Å²) in [4.78, 5) is 9.34. The molecule has 4 rings (SSSR count). The average Bonchev–Trinajstić information content (AvgIpc) is 3.27. The van der Waals surface area contributed by atoms with Gasteiger partial charge in [-0.1, -0.05) is 0 Å². The smallest absolute Gasteiger partial charge is 0.128 e. The summed E-state index contributed by atoms with van der Waals surface area (Å²) in [6.07, 6.45) is 3.75. The number of nitrogens with zero attached hydrogens (tertiary/aromatic N) is 5. The first kappa shape index (κ1) is 14.4. The van der Waals surface area contributed by atoms with E-state index in [9.17, 15) is 0 Å². The standard InChI is InChI=1S/C17H19N5S/c1-20-7-9-21(10-8-20)17-3-2-15(12-18-17)22-16(4-6-19-22)14-5-11-23-13-14/h2-6,11-13H,7-10H2,1H3. The number of aromatic nitrogens is 3. The van der Waals surface area contributed by atoms with Crippen LogP contribution >= 0.6 is 11.3 Å². The van der Waals surface area contributed by atoms with E-state index < -0.39 is 0 Å². The van der Waals surface area contributed by atoms with Gasteiger partial charge >= 0.3 is 0 Å². The van der Waals surface area contributed by atoms with E-state index in [1.54, 1.807) is 11.3 Å². The maximum atomic E-state index is 4.65. The number of anilines is 1. The lowest BCUT2D eigenvalue weighted by Crippen LogP contribution is -2.44. The lowest BCUT2D eigenvalue weighted by Gasteiger charge is -2.33. The summed E-state index contributed by atoms with van der Waals surface area (Å²) in [5, 5.41) is 8.68. The predicted molar refractivity (Wildman–Crippen MR) is 94.4 cm³/mol. The summed E-state index contributed by atoms with van der Waals surface area (Å²) in [7, 11) is 2.16. The van der Waals surface area contributed by atoms with Crippen LogP contribution in [-0.4, -0.2) is 52.9 Å². The highest BCUT2D eigenvalue weighted by molar-refractivity contribution is 7.08. The minimum absolute atomic E-state index is 0.995. The molecule has 3 aromatic rings. The molecule has 5 nitrogen and oxygen atoms in total. The summed E-state index contributed by atoms with van der Waals surface area (Å²) in [5.74, 6) is 1.05. The molecule has 23 heavy (non-hydrogen) atoms. The predicted octanol–water partition coefficient (Wildman–Crippen LogP) is 2.75. The number of rotatable bonds is 3. The lowest BCUT2D eigenvalue weighted by molar-refractivity contribution is 0.312. The SMILES string of the molecule is CN1CCN(c2ccc(-n3nccc3-c3ccsc3)cn2)CC1. The molecule has 0 atom stereocenters. The van der Waals surface area contributed by atoms with Crippen LogP contribution in [0.5, 0.6) is 0 Å². The third-order valence-electron chi connectivity index (χ3n) is 4.26. The van der Waals surface area contributed by atoms with Crippen molar-refractivity contribution < 1.29 is 0 Å². The Bertz CT molecular complexity index is 755. The van der Waals surface area contributed by atoms with E-state index in [0.29, 0.717) is 0 Å². The molecule has 118 valence electrons. The van der Waals surface area contributed by atoms with E-state index >= 15 is 0 Å². The van der Waals surface area contributed by atoms with Crippen molar-refractivity contribution in [3.8, 4) is 16.9 Å². The minimum atomic E-state index is 0.995. The zero-order chi connectivity index (χ0) is 15.6. The molecule has 0 unspecified atom stereocenters. The second-order valence-corrected chi connectivity index (χ2v) is 6.59. The van der Waals surface area contributed by atoms with Gasteiger partial charge in [0.2, 0.25) is 0 Å². The van der Waals surface area contributed by atoms with E-state index in [1.165, 1.54) is 5.56 Å². The molecule has 1 aliphatic heterocycles. The summed E-state index contributed by atoms with van der Waals surface area (Å²) < 4.78 is 1.95. The minimum Gasteiger partial charge on any atom is -0.354 e. The zero-order valence-electron chi connectivity index (χ0n) is 13.1. The lowest BCUT2D eigenvalue weighted by atomic mass is 10.2. The quantitative estimate of drug-likeness (QED) is 0.742. The highest BCUT2D eigenvalue weighted by Gasteiger charge is 2.15. The van der Waals surface area contributed by atoms with Crippen molar-refractivity contribution in [1.82, 2.24) is 19.7 Å². The van der Waals surface area contributed by atoms with Gasteiger partial charge in [-0.15, -0.1) is 0 Å². The van der Waals surface area contributed by atoms with Crippen molar-refractivity contribution in [2.45, 2.75) is 0 Å². The van der Waals surface area contributed by atoms with Gasteiger partial charge in [-0.3, -0.25) is 0 Å². The Morgan fingerprint density at radius 2 is 1.91 bits per heavy atom. The first-order chi connectivity index (χ1) is 11.3. The van der Waals surface area contributed by atoms with Crippen LogP contribution in [0.1, 0.15) is 0 Å². The van der Waals surface area contributed by atoms with Crippen LogP contribution in [0.3, 0.4) is 0 Å². The van der Waals surface area contributed by atoms with Gasteiger partial charge in [0.25, 0.3) is 0 Å². The average molecular weight is 325 g/mol. The molecule has 0 spiro atoms. The molecule has 3 aromatic heterocycles. The first-order valence-electron chi connectivity index (χ1n) is 7.78. The number of piperazine rings is 1. The summed E-state index contributed by atoms with van der Waals surface area (Å²) >= 11 is 1.70. The third-order valence-corrected chi connectivity index (χ3v) is 4.95. The van der Waals surface area contributed by atoms with E-state index in [1.807, 2.05) is 23.1 Å². The molecule has 0 bridgehead atoms. The fraction of sp³-hybridized carbons (Fsp3) is 0.294. The van der Waals surface area contributed by atoms with Crippen LogP contribution in [0.2, 0.25) is 0 Å². The number of hydrogen-bond acceptors (Lipinski definition) is 5. The van der Waals surface area contributed by atoms with Crippen LogP contribution in [0.4, 0.5) is 5.82 Å². The van der Waals surface area contributed by atoms with Crippen LogP contribution in [0.25, 0.3) is 16.9 Å². The Balaban J connectivity index is 1.58. The molecule has 0 aliphatic carbocycles. The van der Waals surface area contributed by atoms with Crippen molar-refractivity contribution >= 4 is 17.2 Å². The Labute approximate surface area is 139 Å². The zero-order valence-corrected chi connectivity index (χ0v) is 13.9. The number of thiophene rings is 1. The van der Waals surface area contributed by atoms with Crippen molar-refractivity contribution in [1.29, 1.82) is 0 Å². The summed E-state index contributed by atoms with van der Waals surface area (Å²) in [5.41, 5.74) is 3.28. The molecule has 0 aromatic carbocycles. The van der Waals surface area contributed by atoms with Gasteiger partial charge in [-0.05, 0) is 36.7 Å². The van der Waals surface area contributed by atoms with Crippen LogP contribution in [0.15, 0.2) is 47.4 Å². The second-order valence-electron chi connectivity index (χ2n) is 5.81. The molecule has 4 heterocycles. The van der Waals surface area contributed by atoms with Crippen LogP contribution < -0.4 is 4.90 Å². The fourth-order valence-electron chi connectivity index (χ4n) is 2.86. The molecule has 0 amide bonds. The van der Waals surface area contributed by atoms with Crippen molar-refractivity contribution in [2.24, 2.45) is 0 Å². The second kappa shape index (κ2) is 6.14. The largest absolute Gasteiger partial charge is 0.354 e. The third kappa shape index (κ3) is 2.87. The van der Waals surface area contributed by atoms with Gasteiger partial charge in [0.05, 0.1) is 23.8 Å². The molecule has 0 saturated carbocycles. The van der Waals surface area contributed by atoms with Crippen LogP contribution in [-0.2, 0) is 0 Å². The van der Waals surface area contributed by atoms with Gasteiger partial charge in [0.1, 0.15) is 5.82 Å². The number of hydrogen-bond donors (Lipinski definition) is 0. The molecule has 1 aliphatic rings. The van der Waals surface area contributed by atoms with Gasteiger partial charge < -0.3 is 9.80 Å². The normalized spacial score (nSPS) is 16.0. The Morgan fingerprint density at radius 1 is 1.04 bits per heavy atom. The number of likely N-dealkylation sites (N-methyl/N-ethyl adjacent to an activating group) is 1. The molecule has 1 fully saturated rings. The molecule has 0 radical (unpaired) electrons. The number of pyridine rings is 1. The van der Waals surface area contributed by atoms with E-state index in [-0.39, 0.29) is 0 Å². The van der Waals surface area contributed by atoms with Crippen LogP contribution in [0, 0.1) is 0 Å². The topological polar surface area (TPSA) is 37.2 Å². The maximum Gasteiger partial charge on any atom is 0.128 e. The Kier molecular flexibility index (Phi) is 3.85. The Morgan fingerprint density at radius 3 is 2.61 bits per heavy atom. The van der Waals surface area contributed by atoms with Gasteiger partial charge in [-0.2, -0.15) is 16.4 Å². The summed E-state index contributed by atoms with van der Waals surface area (Å²) in [6, 6.07) is 8.35. The highest BCUT2D eigenvalue weighted by Crippen LogP contribution is 2.25. The van der Waals surface area contributed by atoms with E-state index in [2.05, 4.69) is 55.9 Å².